The molecule has 14 heteroatoms. The second-order valence-electron chi connectivity index (χ2n) is 12.5. The summed E-state index contributed by atoms with van der Waals surface area (Å²) >= 11 is 1.62. The van der Waals surface area contributed by atoms with Crippen LogP contribution in [0.25, 0.3) is 0 Å². The monoisotopic (exact) mass is 814 g/mol. The minimum atomic E-state index is -4.38. The van der Waals surface area contributed by atoms with E-state index in [0.29, 0.717) is 60.2 Å². The topological polar surface area (TPSA) is 69.3 Å². The van der Waals surface area contributed by atoms with Gasteiger partial charge in [-0.15, -0.1) is 11.8 Å². The molecule has 5 rings (SSSR count). The summed E-state index contributed by atoms with van der Waals surface area (Å²) in [5.41, 5.74) is 2.57. The standard InChI is InChI=1S/C26H26F3NO3S.C17H18F3NO2/c1-32-23-13-10-21(17-24(23)33-2)30(25(31)16-19-6-11-22(34-3)12-7-19)15-14-18-4-8-20(9-5-18)26(27,28)29;1-22-15-8-7-14(11-16(15)23-2)21-10-9-12-3-5-13(6-4-12)17(18,19)20/h4-13,17H,14-16H2,1-3H3;3-8,11,21H,9-10H2,1-2H3. The van der Waals surface area contributed by atoms with Crippen molar-refractivity contribution in [3.05, 3.63) is 137 Å². The molecule has 7 nitrogen and oxygen atoms in total. The molecule has 0 heterocycles. The van der Waals surface area contributed by atoms with Crippen LogP contribution in [-0.4, -0.2) is 53.7 Å². The number of hydrogen-bond acceptors (Lipinski definition) is 7. The van der Waals surface area contributed by atoms with E-state index in [1.165, 1.54) is 38.5 Å². The van der Waals surface area contributed by atoms with Crippen molar-refractivity contribution in [1.29, 1.82) is 0 Å². The van der Waals surface area contributed by atoms with Crippen molar-refractivity contribution in [2.45, 2.75) is 36.5 Å². The molecule has 0 saturated heterocycles. The first-order chi connectivity index (χ1) is 27.2. The van der Waals surface area contributed by atoms with Crippen LogP contribution in [0.4, 0.5) is 37.7 Å². The number of benzene rings is 5. The van der Waals surface area contributed by atoms with Crippen LogP contribution in [0.15, 0.2) is 114 Å². The zero-order valence-electron chi connectivity index (χ0n) is 32.1. The molecular weight excluding hydrogens is 771 g/mol. The Hall–Kier alpha value is -5.50. The SMILES string of the molecule is COc1ccc(N(CCc2ccc(C(F)(F)F)cc2)C(=O)Cc2ccc(SC)cc2)cc1OC.COc1ccc(NCCc2ccc(C(F)(F)F)cc2)cc1OC. The lowest BCUT2D eigenvalue weighted by atomic mass is 10.1. The van der Waals surface area contributed by atoms with Crippen molar-refractivity contribution in [2.75, 3.05) is 58.0 Å². The van der Waals surface area contributed by atoms with Crippen LogP contribution < -0.4 is 29.2 Å². The maximum atomic E-state index is 13.3. The number of hydrogen-bond donors (Lipinski definition) is 1. The lowest BCUT2D eigenvalue weighted by Gasteiger charge is -2.24. The van der Waals surface area contributed by atoms with E-state index in [0.717, 1.165) is 46.0 Å². The normalized spacial score (nSPS) is 11.2. The van der Waals surface area contributed by atoms with Crippen LogP contribution in [0.3, 0.4) is 0 Å². The van der Waals surface area contributed by atoms with E-state index in [-0.39, 0.29) is 12.3 Å². The van der Waals surface area contributed by atoms with Crippen molar-refractivity contribution >= 4 is 29.0 Å². The van der Waals surface area contributed by atoms with Crippen molar-refractivity contribution < 1.29 is 50.1 Å². The molecule has 0 aliphatic carbocycles. The second-order valence-corrected chi connectivity index (χ2v) is 13.4. The van der Waals surface area contributed by atoms with Crippen LogP contribution in [0.1, 0.15) is 27.8 Å². The van der Waals surface area contributed by atoms with Gasteiger partial charge in [-0.3, -0.25) is 4.79 Å². The highest BCUT2D eigenvalue weighted by molar-refractivity contribution is 7.98. The van der Waals surface area contributed by atoms with E-state index in [1.54, 1.807) is 55.1 Å². The number of nitrogens with one attached hydrogen (secondary N) is 1. The number of nitrogens with zero attached hydrogens (tertiary/aromatic N) is 1. The zero-order valence-corrected chi connectivity index (χ0v) is 32.9. The Labute approximate surface area is 332 Å². The van der Waals surface area contributed by atoms with Crippen LogP contribution in [0.2, 0.25) is 0 Å². The number of carbonyl (C=O) groups excluding carboxylic acids is 1. The fourth-order valence-corrected chi connectivity index (χ4v) is 6.07. The molecule has 304 valence electrons. The molecule has 0 bridgehead atoms. The van der Waals surface area contributed by atoms with Crippen molar-refractivity contribution in [3.8, 4) is 23.0 Å². The molecule has 1 N–H and O–H groups in total. The molecule has 0 aliphatic heterocycles. The van der Waals surface area contributed by atoms with Crippen molar-refractivity contribution in [3.63, 3.8) is 0 Å². The summed E-state index contributed by atoms with van der Waals surface area (Å²) < 4.78 is 97.1. The highest BCUT2D eigenvalue weighted by atomic mass is 32.2. The smallest absolute Gasteiger partial charge is 0.416 e. The number of anilines is 2. The number of rotatable bonds is 15. The van der Waals surface area contributed by atoms with Gasteiger partial charge in [-0.05, 0) is 96.5 Å². The van der Waals surface area contributed by atoms with Gasteiger partial charge in [0, 0.05) is 41.5 Å². The average molecular weight is 815 g/mol. The molecule has 0 aliphatic rings. The molecule has 0 spiro atoms. The Bertz CT molecular complexity index is 2020. The molecule has 0 atom stereocenters. The van der Waals surface area contributed by atoms with Crippen LogP contribution >= 0.6 is 11.8 Å². The molecule has 5 aromatic rings. The molecule has 0 aromatic heterocycles. The summed E-state index contributed by atoms with van der Waals surface area (Å²) in [5.74, 6) is 2.15. The van der Waals surface area contributed by atoms with Crippen molar-refractivity contribution in [1.82, 2.24) is 0 Å². The van der Waals surface area contributed by atoms with E-state index >= 15 is 0 Å². The summed E-state index contributed by atoms with van der Waals surface area (Å²) in [5, 5.41) is 3.21. The fraction of sp³-hybridized carbons (Fsp3) is 0.279. The van der Waals surface area contributed by atoms with Gasteiger partial charge in [-0.1, -0.05) is 36.4 Å². The fourth-order valence-electron chi connectivity index (χ4n) is 5.66. The van der Waals surface area contributed by atoms with Gasteiger partial charge in [0.2, 0.25) is 5.91 Å². The minimum absolute atomic E-state index is 0.129. The van der Waals surface area contributed by atoms with E-state index < -0.39 is 23.5 Å². The van der Waals surface area contributed by atoms with Gasteiger partial charge < -0.3 is 29.2 Å². The summed E-state index contributed by atoms with van der Waals surface area (Å²) in [4.78, 5) is 16.1. The Morgan fingerprint density at radius 1 is 0.596 bits per heavy atom. The van der Waals surface area contributed by atoms with Gasteiger partial charge in [0.05, 0.1) is 46.0 Å². The number of ether oxygens (including phenoxy) is 4. The number of halogens is 6. The lowest BCUT2D eigenvalue weighted by Crippen LogP contribution is -2.34. The molecule has 57 heavy (non-hydrogen) atoms. The quantitative estimate of drug-likeness (QED) is 0.0834. The Morgan fingerprint density at radius 2 is 1.07 bits per heavy atom. The van der Waals surface area contributed by atoms with Crippen LogP contribution in [-0.2, 0) is 36.4 Å². The first-order valence-corrected chi connectivity index (χ1v) is 18.8. The molecular formula is C43H44F6N2O5S. The largest absolute Gasteiger partial charge is 0.493 e. The minimum Gasteiger partial charge on any atom is -0.493 e. The third-order valence-corrected chi connectivity index (χ3v) is 9.55. The summed E-state index contributed by atoms with van der Waals surface area (Å²) in [6.07, 6.45) is -5.49. The molecule has 0 saturated carbocycles. The molecule has 0 fully saturated rings. The van der Waals surface area contributed by atoms with Gasteiger partial charge in [0.1, 0.15) is 0 Å². The average Bonchev–Trinajstić information content (AvgIpc) is 3.21. The molecule has 5 aromatic carbocycles. The maximum absolute atomic E-state index is 13.3. The van der Waals surface area contributed by atoms with Gasteiger partial charge in [0.25, 0.3) is 0 Å². The zero-order chi connectivity index (χ0) is 41.6. The van der Waals surface area contributed by atoms with Gasteiger partial charge in [0.15, 0.2) is 23.0 Å². The third-order valence-electron chi connectivity index (χ3n) is 8.81. The Kier molecular flexibility index (Phi) is 16.0. The first-order valence-electron chi connectivity index (χ1n) is 17.6. The lowest BCUT2D eigenvalue weighted by molar-refractivity contribution is -0.138. The Morgan fingerprint density at radius 3 is 1.56 bits per heavy atom. The van der Waals surface area contributed by atoms with Gasteiger partial charge in [-0.2, -0.15) is 26.3 Å². The van der Waals surface area contributed by atoms with E-state index in [9.17, 15) is 31.1 Å². The number of thioether (sulfide) groups is 1. The Balaban J connectivity index is 0.000000273. The predicted molar refractivity (Wildman–Crippen MR) is 212 cm³/mol. The van der Waals surface area contributed by atoms with Crippen LogP contribution in [0.5, 0.6) is 23.0 Å². The van der Waals surface area contributed by atoms with E-state index in [2.05, 4.69) is 5.32 Å². The van der Waals surface area contributed by atoms with Gasteiger partial charge in [-0.25, -0.2) is 0 Å². The summed E-state index contributed by atoms with van der Waals surface area (Å²) in [7, 11) is 6.17. The van der Waals surface area contributed by atoms with Crippen LogP contribution in [0, 0.1) is 0 Å². The predicted octanol–water partition coefficient (Wildman–Crippen LogP) is 10.6. The number of carbonyl (C=O) groups is 1. The van der Waals surface area contributed by atoms with Crippen molar-refractivity contribution in [2.24, 2.45) is 0 Å². The summed E-state index contributed by atoms with van der Waals surface area (Å²) in [6.45, 7) is 0.892. The number of methoxy groups -OCH3 is 4. The van der Waals surface area contributed by atoms with Gasteiger partial charge >= 0.3 is 12.4 Å². The molecule has 1 amide bonds. The highest BCUT2D eigenvalue weighted by Gasteiger charge is 2.30. The number of amides is 1. The molecule has 0 unspecified atom stereocenters. The number of alkyl halides is 6. The highest BCUT2D eigenvalue weighted by Crippen LogP contribution is 2.34. The first kappa shape index (κ1) is 44.2. The van der Waals surface area contributed by atoms with E-state index in [4.69, 9.17) is 18.9 Å². The second kappa shape index (κ2) is 20.6. The summed E-state index contributed by atoms with van der Waals surface area (Å²) in [6, 6.07) is 28.7. The maximum Gasteiger partial charge on any atom is 0.416 e. The van der Waals surface area contributed by atoms with E-state index in [1.807, 2.05) is 42.7 Å². The third kappa shape index (κ3) is 13.0. The molecule has 0 radical (unpaired) electrons.